The SMILES string of the molecule is Cc1cc(O[C@H](C)C(=O)NCCCN2CCCCC2)cc(C)c1Cl. The molecule has 1 aliphatic heterocycles. The number of piperidine rings is 1. The summed E-state index contributed by atoms with van der Waals surface area (Å²) in [6.45, 7) is 9.80. The van der Waals surface area contributed by atoms with Crippen LogP contribution in [0.3, 0.4) is 0 Å². The van der Waals surface area contributed by atoms with Crippen molar-refractivity contribution in [3.63, 3.8) is 0 Å². The summed E-state index contributed by atoms with van der Waals surface area (Å²) in [5, 5.41) is 3.71. The lowest BCUT2D eigenvalue weighted by Gasteiger charge is -2.26. The summed E-state index contributed by atoms with van der Waals surface area (Å²) < 4.78 is 5.76. The number of hydrogen-bond donors (Lipinski definition) is 1. The zero-order valence-electron chi connectivity index (χ0n) is 15.0. The van der Waals surface area contributed by atoms with Crippen LogP contribution in [0, 0.1) is 13.8 Å². The molecular weight excluding hydrogens is 324 g/mol. The van der Waals surface area contributed by atoms with E-state index in [0.717, 1.165) is 29.1 Å². The number of hydrogen-bond acceptors (Lipinski definition) is 3. The molecule has 24 heavy (non-hydrogen) atoms. The van der Waals surface area contributed by atoms with Crippen LogP contribution in [-0.2, 0) is 4.79 Å². The van der Waals surface area contributed by atoms with Crippen LogP contribution in [-0.4, -0.2) is 43.1 Å². The minimum Gasteiger partial charge on any atom is -0.481 e. The molecule has 134 valence electrons. The highest BCUT2D eigenvalue weighted by atomic mass is 35.5. The minimum atomic E-state index is -0.514. The molecule has 0 aliphatic carbocycles. The molecule has 1 heterocycles. The Balaban J connectivity index is 1.71. The van der Waals surface area contributed by atoms with E-state index in [9.17, 15) is 4.79 Å². The van der Waals surface area contributed by atoms with Crippen LogP contribution in [0.5, 0.6) is 5.75 Å². The number of aryl methyl sites for hydroxylation is 2. The summed E-state index contributed by atoms with van der Waals surface area (Å²) in [4.78, 5) is 14.6. The molecule has 5 heteroatoms. The normalized spacial score (nSPS) is 16.7. The Bertz CT molecular complexity index is 533. The lowest BCUT2D eigenvalue weighted by atomic mass is 10.1. The number of halogens is 1. The smallest absolute Gasteiger partial charge is 0.260 e. The third kappa shape index (κ3) is 5.67. The lowest BCUT2D eigenvalue weighted by molar-refractivity contribution is -0.127. The molecule has 2 rings (SSSR count). The van der Waals surface area contributed by atoms with E-state index in [1.807, 2.05) is 26.0 Å². The van der Waals surface area contributed by atoms with E-state index in [1.54, 1.807) is 6.92 Å². The Kier molecular flexibility index (Phi) is 7.38. The van der Waals surface area contributed by atoms with Crippen molar-refractivity contribution >= 4 is 17.5 Å². The van der Waals surface area contributed by atoms with Gasteiger partial charge in [-0.3, -0.25) is 4.79 Å². The molecule has 0 saturated carbocycles. The van der Waals surface area contributed by atoms with Crippen LogP contribution in [0.15, 0.2) is 12.1 Å². The Morgan fingerprint density at radius 3 is 2.50 bits per heavy atom. The molecule has 1 amide bonds. The molecule has 1 aromatic rings. The fourth-order valence-electron chi connectivity index (χ4n) is 3.07. The second kappa shape index (κ2) is 9.28. The number of likely N-dealkylation sites (tertiary alicyclic amines) is 1. The summed E-state index contributed by atoms with van der Waals surface area (Å²) in [6.07, 6.45) is 4.43. The number of ether oxygens (including phenoxy) is 1. The van der Waals surface area contributed by atoms with Gasteiger partial charge in [-0.2, -0.15) is 0 Å². The van der Waals surface area contributed by atoms with E-state index in [-0.39, 0.29) is 5.91 Å². The second-order valence-corrected chi connectivity index (χ2v) is 7.06. The summed E-state index contributed by atoms with van der Waals surface area (Å²) in [7, 11) is 0. The Hall–Kier alpha value is -1.26. The number of benzene rings is 1. The number of carbonyl (C=O) groups is 1. The van der Waals surface area contributed by atoms with Gasteiger partial charge in [-0.05, 0) is 82.9 Å². The molecule has 1 saturated heterocycles. The maximum atomic E-state index is 12.2. The van der Waals surface area contributed by atoms with Gasteiger partial charge in [-0.25, -0.2) is 0 Å². The predicted molar refractivity (Wildman–Crippen MR) is 98.9 cm³/mol. The summed E-state index contributed by atoms with van der Waals surface area (Å²) in [5.41, 5.74) is 1.92. The van der Waals surface area contributed by atoms with Gasteiger partial charge < -0.3 is 15.0 Å². The van der Waals surface area contributed by atoms with Crippen LogP contribution in [0.2, 0.25) is 5.02 Å². The summed E-state index contributed by atoms with van der Waals surface area (Å²) in [5.74, 6) is 0.615. The number of nitrogens with zero attached hydrogens (tertiary/aromatic N) is 1. The van der Waals surface area contributed by atoms with Gasteiger partial charge in [0.1, 0.15) is 5.75 Å². The van der Waals surface area contributed by atoms with E-state index < -0.39 is 6.10 Å². The third-order valence-electron chi connectivity index (χ3n) is 4.49. The van der Waals surface area contributed by atoms with E-state index >= 15 is 0 Å². The van der Waals surface area contributed by atoms with Crippen molar-refractivity contribution < 1.29 is 9.53 Å². The zero-order valence-corrected chi connectivity index (χ0v) is 15.8. The topological polar surface area (TPSA) is 41.6 Å². The van der Waals surface area contributed by atoms with Gasteiger partial charge in [0.25, 0.3) is 5.91 Å². The van der Waals surface area contributed by atoms with Crippen molar-refractivity contribution in [1.82, 2.24) is 10.2 Å². The number of rotatable bonds is 7. The predicted octanol–water partition coefficient (Wildman–Crippen LogP) is 3.72. The maximum Gasteiger partial charge on any atom is 0.260 e. The van der Waals surface area contributed by atoms with Crippen LogP contribution >= 0.6 is 11.6 Å². The molecule has 0 bridgehead atoms. The zero-order chi connectivity index (χ0) is 17.5. The first-order chi connectivity index (χ1) is 11.5. The van der Waals surface area contributed by atoms with Gasteiger partial charge in [0.05, 0.1) is 0 Å². The van der Waals surface area contributed by atoms with Crippen LogP contribution in [0.4, 0.5) is 0 Å². The van der Waals surface area contributed by atoms with E-state index in [4.69, 9.17) is 16.3 Å². The van der Waals surface area contributed by atoms with Crippen molar-refractivity contribution in [3.8, 4) is 5.75 Å². The highest BCUT2D eigenvalue weighted by molar-refractivity contribution is 6.32. The molecule has 0 unspecified atom stereocenters. The largest absolute Gasteiger partial charge is 0.481 e. The van der Waals surface area contributed by atoms with E-state index in [2.05, 4.69) is 10.2 Å². The first-order valence-electron chi connectivity index (χ1n) is 8.91. The van der Waals surface area contributed by atoms with E-state index in [0.29, 0.717) is 12.3 Å². The first kappa shape index (κ1) is 19.1. The Labute approximate surface area is 150 Å². The fourth-order valence-corrected chi connectivity index (χ4v) is 3.18. The van der Waals surface area contributed by atoms with Gasteiger partial charge in [-0.15, -0.1) is 0 Å². The molecule has 1 aromatic carbocycles. The molecule has 0 spiro atoms. The highest BCUT2D eigenvalue weighted by Gasteiger charge is 2.15. The molecule has 4 nitrogen and oxygen atoms in total. The van der Waals surface area contributed by atoms with Crippen molar-refractivity contribution in [1.29, 1.82) is 0 Å². The van der Waals surface area contributed by atoms with Crippen molar-refractivity contribution in [3.05, 3.63) is 28.3 Å². The lowest BCUT2D eigenvalue weighted by Crippen LogP contribution is -2.38. The molecule has 1 fully saturated rings. The first-order valence-corrected chi connectivity index (χ1v) is 9.28. The average molecular weight is 353 g/mol. The second-order valence-electron chi connectivity index (χ2n) is 6.68. The Morgan fingerprint density at radius 1 is 1.25 bits per heavy atom. The fraction of sp³-hybridized carbons (Fsp3) is 0.632. The summed E-state index contributed by atoms with van der Waals surface area (Å²) >= 11 is 6.16. The Morgan fingerprint density at radius 2 is 1.88 bits per heavy atom. The molecule has 1 aliphatic rings. The van der Waals surface area contributed by atoms with Crippen molar-refractivity contribution in [2.24, 2.45) is 0 Å². The summed E-state index contributed by atoms with van der Waals surface area (Å²) in [6, 6.07) is 3.74. The van der Waals surface area contributed by atoms with Gasteiger partial charge >= 0.3 is 0 Å². The van der Waals surface area contributed by atoms with Gasteiger partial charge in [0, 0.05) is 11.6 Å². The molecule has 1 N–H and O–H groups in total. The van der Waals surface area contributed by atoms with E-state index in [1.165, 1.54) is 32.4 Å². The molecule has 0 radical (unpaired) electrons. The van der Waals surface area contributed by atoms with Gasteiger partial charge in [-0.1, -0.05) is 18.0 Å². The average Bonchev–Trinajstić information content (AvgIpc) is 2.57. The van der Waals surface area contributed by atoms with Crippen LogP contribution in [0.25, 0.3) is 0 Å². The minimum absolute atomic E-state index is 0.0705. The number of carbonyl (C=O) groups excluding carboxylic acids is 1. The monoisotopic (exact) mass is 352 g/mol. The van der Waals surface area contributed by atoms with Crippen molar-refractivity contribution in [2.75, 3.05) is 26.2 Å². The quantitative estimate of drug-likeness (QED) is 0.760. The maximum absolute atomic E-state index is 12.2. The van der Waals surface area contributed by atoms with Crippen molar-refractivity contribution in [2.45, 2.75) is 52.6 Å². The standard InChI is InChI=1S/C19H29ClN2O2/c1-14-12-17(13-15(2)18(14)20)24-16(3)19(23)21-8-7-11-22-9-5-4-6-10-22/h12-13,16H,4-11H2,1-3H3,(H,21,23)/t16-/m1/s1. The van der Waals surface area contributed by atoms with Gasteiger partial charge in [0.15, 0.2) is 6.10 Å². The molecule has 0 aromatic heterocycles. The van der Waals surface area contributed by atoms with Gasteiger partial charge in [0.2, 0.25) is 0 Å². The number of nitrogens with one attached hydrogen (secondary N) is 1. The number of amides is 1. The highest BCUT2D eigenvalue weighted by Crippen LogP contribution is 2.26. The molecular formula is C19H29ClN2O2. The third-order valence-corrected chi connectivity index (χ3v) is 5.09. The molecule has 1 atom stereocenters. The van der Waals surface area contributed by atoms with Crippen LogP contribution in [0.1, 0.15) is 43.7 Å². The van der Waals surface area contributed by atoms with Crippen LogP contribution < -0.4 is 10.1 Å².